The molecule has 0 fully saturated rings. The summed E-state index contributed by atoms with van der Waals surface area (Å²) in [6.07, 6.45) is 3.44. The molecule has 0 saturated heterocycles. The molecule has 1 atom stereocenters. The summed E-state index contributed by atoms with van der Waals surface area (Å²) in [4.78, 5) is 0.300. The van der Waals surface area contributed by atoms with Gasteiger partial charge in [-0.3, -0.25) is 0 Å². The summed E-state index contributed by atoms with van der Waals surface area (Å²) in [5.74, 6) is 0.785. The SMILES string of the molecule is Cl.Nc1ccc2c(c1)CCCC2NS(=O)(=O)c1ccc2c(c1)CCO2. The van der Waals surface area contributed by atoms with Crippen molar-refractivity contribution >= 4 is 28.1 Å². The van der Waals surface area contributed by atoms with Crippen molar-refractivity contribution < 1.29 is 13.2 Å². The zero-order valence-electron chi connectivity index (χ0n) is 13.7. The number of fused-ring (bicyclic) bond motifs is 2. The highest BCUT2D eigenvalue weighted by molar-refractivity contribution is 7.89. The summed E-state index contributed by atoms with van der Waals surface area (Å²) in [6.45, 7) is 0.615. The second-order valence-corrected chi connectivity index (χ2v) is 8.11. The molecule has 4 rings (SSSR count). The number of hydrogen-bond acceptors (Lipinski definition) is 4. The molecule has 134 valence electrons. The second-order valence-electron chi connectivity index (χ2n) is 6.39. The summed E-state index contributed by atoms with van der Waals surface area (Å²) in [7, 11) is -3.57. The van der Waals surface area contributed by atoms with Gasteiger partial charge in [0.2, 0.25) is 10.0 Å². The number of nitrogens with two attached hydrogens (primary N) is 1. The van der Waals surface area contributed by atoms with Gasteiger partial charge in [0, 0.05) is 18.2 Å². The van der Waals surface area contributed by atoms with Crippen LogP contribution in [0.25, 0.3) is 0 Å². The quantitative estimate of drug-likeness (QED) is 0.802. The number of benzene rings is 2. The Morgan fingerprint density at radius 3 is 2.76 bits per heavy atom. The van der Waals surface area contributed by atoms with E-state index in [0.717, 1.165) is 53.8 Å². The number of ether oxygens (including phenoxy) is 1. The lowest BCUT2D eigenvalue weighted by Gasteiger charge is -2.26. The van der Waals surface area contributed by atoms with Crippen molar-refractivity contribution in [2.75, 3.05) is 12.3 Å². The normalized spacial score (nSPS) is 18.6. The molecule has 1 unspecified atom stereocenters. The molecule has 0 saturated carbocycles. The fourth-order valence-corrected chi connectivity index (χ4v) is 4.84. The van der Waals surface area contributed by atoms with Gasteiger partial charge < -0.3 is 10.5 Å². The largest absolute Gasteiger partial charge is 0.493 e. The lowest BCUT2D eigenvalue weighted by atomic mass is 9.88. The topological polar surface area (TPSA) is 81.4 Å². The summed E-state index contributed by atoms with van der Waals surface area (Å²) in [6, 6.07) is 10.6. The average Bonchev–Trinajstić information content (AvgIpc) is 3.02. The molecule has 0 amide bonds. The lowest BCUT2D eigenvalue weighted by molar-refractivity contribution is 0.356. The minimum Gasteiger partial charge on any atom is -0.493 e. The van der Waals surface area contributed by atoms with Crippen molar-refractivity contribution in [3.8, 4) is 5.75 Å². The fourth-order valence-electron chi connectivity index (χ4n) is 3.54. The highest BCUT2D eigenvalue weighted by atomic mass is 35.5. The highest BCUT2D eigenvalue weighted by Crippen LogP contribution is 2.33. The number of rotatable bonds is 3. The Balaban J connectivity index is 0.00000182. The maximum absolute atomic E-state index is 12.8. The average molecular weight is 381 g/mol. The molecule has 5 nitrogen and oxygen atoms in total. The maximum Gasteiger partial charge on any atom is 0.241 e. The smallest absolute Gasteiger partial charge is 0.241 e. The third-order valence-corrected chi connectivity index (χ3v) is 6.22. The molecule has 2 aliphatic rings. The van der Waals surface area contributed by atoms with Gasteiger partial charge in [-0.25, -0.2) is 13.1 Å². The number of anilines is 1. The van der Waals surface area contributed by atoms with Crippen LogP contribution < -0.4 is 15.2 Å². The molecule has 0 radical (unpaired) electrons. The molecule has 2 aromatic rings. The van der Waals surface area contributed by atoms with Crippen molar-refractivity contribution in [1.82, 2.24) is 4.72 Å². The van der Waals surface area contributed by atoms with E-state index in [-0.39, 0.29) is 18.4 Å². The Morgan fingerprint density at radius 2 is 1.92 bits per heavy atom. The van der Waals surface area contributed by atoms with Crippen LogP contribution in [-0.4, -0.2) is 15.0 Å². The molecule has 0 aromatic heterocycles. The summed E-state index contributed by atoms with van der Waals surface area (Å²) in [5.41, 5.74) is 9.69. The third-order valence-electron chi connectivity index (χ3n) is 4.75. The van der Waals surface area contributed by atoms with Gasteiger partial charge in [0.05, 0.1) is 11.5 Å². The highest BCUT2D eigenvalue weighted by Gasteiger charge is 2.27. The van der Waals surface area contributed by atoms with Gasteiger partial charge in [-0.1, -0.05) is 6.07 Å². The molecule has 0 bridgehead atoms. The third kappa shape index (κ3) is 3.47. The van der Waals surface area contributed by atoms with Crippen molar-refractivity contribution in [3.05, 3.63) is 53.1 Å². The first kappa shape index (κ1) is 18.0. The fraction of sp³-hybridized carbons (Fsp3) is 0.333. The monoisotopic (exact) mass is 380 g/mol. The van der Waals surface area contributed by atoms with E-state index in [1.807, 2.05) is 18.2 Å². The number of nitrogens with one attached hydrogen (secondary N) is 1. The molecule has 1 aliphatic carbocycles. The predicted molar refractivity (Wildman–Crippen MR) is 99.7 cm³/mol. The Morgan fingerprint density at radius 1 is 1.08 bits per heavy atom. The van der Waals surface area contributed by atoms with Gasteiger partial charge in [-0.05, 0) is 66.3 Å². The van der Waals surface area contributed by atoms with Gasteiger partial charge in [0.15, 0.2) is 0 Å². The number of aryl methyl sites for hydroxylation is 1. The van der Waals surface area contributed by atoms with E-state index in [1.165, 1.54) is 0 Å². The molecule has 1 aliphatic heterocycles. The van der Waals surface area contributed by atoms with Crippen molar-refractivity contribution in [3.63, 3.8) is 0 Å². The molecule has 0 spiro atoms. The standard InChI is InChI=1S/C18H20N2O3S.ClH/c19-14-4-6-16-12(10-14)2-1-3-17(16)20-24(21,22)15-5-7-18-13(11-15)8-9-23-18;/h4-7,10-11,17,20H,1-3,8-9,19H2;1H. The predicted octanol–water partition coefficient (Wildman–Crippen LogP) is 2.98. The zero-order chi connectivity index (χ0) is 16.7. The van der Waals surface area contributed by atoms with Gasteiger partial charge >= 0.3 is 0 Å². The molecular formula is C18H21ClN2O3S. The molecule has 7 heteroatoms. The molecular weight excluding hydrogens is 360 g/mol. The number of sulfonamides is 1. The van der Waals surface area contributed by atoms with Crippen LogP contribution in [0.1, 0.15) is 35.6 Å². The van der Waals surface area contributed by atoms with Gasteiger partial charge in [-0.2, -0.15) is 0 Å². The van der Waals surface area contributed by atoms with Crippen LogP contribution in [0.2, 0.25) is 0 Å². The van der Waals surface area contributed by atoms with Crippen LogP contribution in [0.4, 0.5) is 5.69 Å². The summed E-state index contributed by atoms with van der Waals surface area (Å²) in [5, 5.41) is 0. The van der Waals surface area contributed by atoms with Gasteiger partial charge in [0.1, 0.15) is 5.75 Å². The zero-order valence-corrected chi connectivity index (χ0v) is 15.3. The Hall–Kier alpha value is -1.76. The van der Waals surface area contributed by atoms with Crippen LogP contribution in [-0.2, 0) is 22.9 Å². The van der Waals surface area contributed by atoms with E-state index < -0.39 is 10.0 Å². The molecule has 25 heavy (non-hydrogen) atoms. The van der Waals surface area contributed by atoms with Gasteiger partial charge in [0.25, 0.3) is 0 Å². The Bertz CT molecular complexity index is 899. The number of halogens is 1. The molecule has 1 heterocycles. The van der Waals surface area contributed by atoms with Crippen LogP contribution in [0, 0.1) is 0 Å². The molecule has 3 N–H and O–H groups in total. The first-order chi connectivity index (χ1) is 11.5. The Labute approximate surface area is 154 Å². The van der Waals surface area contributed by atoms with Gasteiger partial charge in [-0.15, -0.1) is 12.4 Å². The van der Waals surface area contributed by atoms with E-state index in [9.17, 15) is 8.42 Å². The minimum absolute atomic E-state index is 0. The van der Waals surface area contributed by atoms with Crippen LogP contribution in [0.5, 0.6) is 5.75 Å². The second kappa shape index (κ2) is 6.86. The van der Waals surface area contributed by atoms with E-state index in [1.54, 1.807) is 18.2 Å². The number of hydrogen-bond donors (Lipinski definition) is 2. The Kier molecular flexibility index (Phi) is 4.95. The van der Waals surface area contributed by atoms with Crippen LogP contribution >= 0.6 is 12.4 Å². The minimum atomic E-state index is -3.57. The van der Waals surface area contributed by atoms with E-state index >= 15 is 0 Å². The van der Waals surface area contributed by atoms with Crippen LogP contribution in [0.15, 0.2) is 41.3 Å². The van der Waals surface area contributed by atoms with Crippen molar-refractivity contribution in [2.45, 2.75) is 36.6 Å². The van der Waals surface area contributed by atoms with Crippen molar-refractivity contribution in [1.29, 1.82) is 0 Å². The van der Waals surface area contributed by atoms with E-state index in [0.29, 0.717) is 11.5 Å². The number of nitrogen functional groups attached to an aromatic ring is 1. The first-order valence-corrected chi connectivity index (χ1v) is 9.67. The van der Waals surface area contributed by atoms with E-state index in [2.05, 4.69) is 4.72 Å². The first-order valence-electron chi connectivity index (χ1n) is 8.19. The van der Waals surface area contributed by atoms with E-state index in [4.69, 9.17) is 10.5 Å². The molecule has 2 aromatic carbocycles. The maximum atomic E-state index is 12.8. The lowest BCUT2D eigenvalue weighted by Crippen LogP contribution is -2.31. The van der Waals surface area contributed by atoms with Crippen LogP contribution in [0.3, 0.4) is 0 Å². The summed E-state index contributed by atoms with van der Waals surface area (Å²) >= 11 is 0. The van der Waals surface area contributed by atoms with Crippen molar-refractivity contribution in [2.24, 2.45) is 0 Å². The summed E-state index contributed by atoms with van der Waals surface area (Å²) < 4.78 is 33.9.